The van der Waals surface area contributed by atoms with Crippen molar-refractivity contribution in [2.45, 2.75) is 50.6 Å². The van der Waals surface area contributed by atoms with E-state index in [-0.39, 0.29) is 0 Å². The van der Waals surface area contributed by atoms with E-state index in [1.165, 1.54) is 25.8 Å². The summed E-state index contributed by atoms with van der Waals surface area (Å²) in [4.78, 5) is 1.56. The Labute approximate surface area is 108 Å². The van der Waals surface area contributed by atoms with E-state index in [1.54, 1.807) is 24.1 Å². The number of quaternary nitrogens is 1. The van der Waals surface area contributed by atoms with Crippen molar-refractivity contribution >= 4 is 11.3 Å². The van der Waals surface area contributed by atoms with Crippen LogP contribution < -0.4 is 5.32 Å². The van der Waals surface area contributed by atoms with Gasteiger partial charge in [0.2, 0.25) is 0 Å². The normalized spacial score (nSPS) is 43.2. The molecule has 0 radical (unpaired) electrons. The molecule has 0 spiro atoms. The molecule has 4 aliphatic rings. The summed E-state index contributed by atoms with van der Waals surface area (Å²) in [5.41, 5.74) is 0.652. The molecule has 2 N–H and O–H groups in total. The maximum Gasteiger partial charge on any atom is 0.111 e. The average molecular weight is 248 g/mol. The van der Waals surface area contributed by atoms with Crippen LogP contribution in [-0.2, 0) is 6.54 Å². The van der Waals surface area contributed by atoms with Gasteiger partial charge in [-0.15, -0.1) is 11.3 Å². The van der Waals surface area contributed by atoms with Gasteiger partial charge >= 0.3 is 0 Å². The molecule has 0 saturated heterocycles. The Bertz CT molecular complexity index is 360. The average Bonchev–Trinajstić information content (AvgIpc) is 2.77. The zero-order valence-electron chi connectivity index (χ0n) is 10.4. The SMILES string of the molecule is c1csc(C[NH2+]C23CC4CC(CC(C4)C2)C3)c1. The van der Waals surface area contributed by atoms with Crippen molar-refractivity contribution < 1.29 is 5.32 Å². The van der Waals surface area contributed by atoms with E-state index >= 15 is 0 Å². The summed E-state index contributed by atoms with van der Waals surface area (Å²) in [5.74, 6) is 3.25. The van der Waals surface area contributed by atoms with Gasteiger partial charge in [0, 0.05) is 19.3 Å². The van der Waals surface area contributed by atoms with E-state index in [2.05, 4.69) is 22.8 Å². The number of hydrogen-bond acceptors (Lipinski definition) is 1. The predicted octanol–water partition coefficient (Wildman–Crippen LogP) is 2.78. The Morgan fingerprint density at radius 1 is 1.12 bits per heavy atom. The third-order valence-electron chi connectivity index (χ3n) is 5.40. The lowest BCUT2D eigenvalue weighted by molar-refractivity contribution is -0.752. The van der Waals surface area contributed by atoms with Crippen LogP contribution in [0.2, 0.25) is 0 Å². The standard InChI is InChI=1S/C15H21NS/c1-2-14(17-3-1)10-16-15-7-11-4-12(8-15)6-13(5-11)9-15/h1-3,11-13,16H,4-10H2/p+1. The fourth-order valence-electron chi connectivity index (χ4n) is 5.17. The number of rotatable bonds is 3. The van der Waals surface area contributed by atoms with Gasteiger partial charge in [-0.3, -0.25) is 0 Å². The van der Waals surface area contributed by atoms with Gasteiger partial charge in [0.1, 0.15) is 6.54 Å². The first kappa shape index (κ1) is 10.6. The topological polar surface area (TPSA) is 16.6 Å². The van der Waals surface area contributed by atoms with Gasteiger partial charge in [-0.05, 0) is 48.5 Å². The van der Waals surface area contributed by atoms with Gasteiger partial charge in [-0.1, -0.05) is 6.07 Å². The Kier molecular flexibility index (Phi) is 2.38. The van der Waals surface area contributed by atoms with Crippen LogP contribution in [-0.4, -0.2) is 5.54 Å². The molecule has 2 heteroatoms. The van der Waals surface area contributed by atoms with Gasteiger partial charge in [0.25, 0.3) is 0 Å². The van der Waals surface area contributed by atoms with E-state index in [0.717, 1.165) is 17.8 Å². The minimum atomic E-state index is 0.652. The van der Waals surface area contributed by atoms with Crippen LogP contribution in [0.3, 0.4) is 0 Å². The molecule has 5 rings (SSSR count). The molecule has 4 saturated carbocycles. The second-order valence-corrected chi connectivity index (χ2v) is 7.80. The maximum absolute atomic E-state index is 2.71. The summed E-state index contributed by atoms with van der Waals surface area (Å²) in [5, 5.41) is 4.92. The molecule has 0 amide bonds. The van der Waals surface area contributed by atoms with Crippen LogP contribution in [0.25, 0.3) is 0 Å². The van der Waals surface area contributed by atoms with E-state index in [1.807, 2.05) is 11.3 Å². The van der Waals surface area contributed by atoms with Crippen molar-refractivity contribution in [1.29, 1.82) is 0 Å². The van der Waals surface area contributed by atoms with Crippen LogP contribution in [0, 0.1) is 17.8 Å². The van der Waals surface area contributed by atoms with Gasteiger partial charge in [0.05, 0.1) is 10.4 Å². The molecule has 0 aliphatic heterocycles. The molecule has 1 nitrogen and oxygen atoms in total. The molecule has 17 heavy (non-hydrogen) atoms. The summed E-state index contributed by atoms with van der Waals surface area (Å²) < 4.78 is 0. The molecule has 4 fully saturated rings. The highest BCUT2D eigenvalue weighted by atomic mass is 32.1. The van der Waals surface area contributed by atoms with E-state index < -0.39 is 0 Å². The zero-order chi connectivity index (χ0) is 11.3. The molecule has 4 bridgehead atoms. The largest absolute Gasteiger partial charge is 0.337 e. The summed E-state index contributed by atoms with van der Waals surface area (Å²) in [6.07, 6.45) is 9.24. The number of thiophene rings is 1. The minimum absolute atomic E-state index is 0.652. The molecule has 0 aromatic carbocycles. The Morgan fingerprint density at radius 3 is 2.29 bits per heavy atom. The first-order chi connectivity index (χ1) is 8.31. The molecule has 1 aromatic rings. The monoisotopic (exact) mass is 248 g/mol. The molecule has 4 aliphatic carbocycles. The van der Waals surface area contributed by atoms with Crippen LogP contribution >= 0.6 is 11.3 Å². The van der Waals surface area contributed by atoms with Gasteiger partial charge in [-0.2, -0.15) is 0 Å². The van der Waals surface area contributed by atoms with Gasteiger partial charge in [-0.25, -0.2) is 0 Å². The zero-order valence-corrected chi connectivity index (χ0v) is 11.2. The number of hydrogen-bond donors (Lipinski definition) is 1. The number of nitrogens with two attached hydrogens (primary N) is 1. The summed E-state index contributed by atoms with van der Waals surface area (Å²) in [6, 6.07) is 4.48. The fourth-order valence-corrected chi connectivity index (χ4v) is 5.84. The highest BCUT2D eigenvalue weighted by molar-refractivity contribution is 7.09. The van der Waals surface area contributed by atoms with Crippen molar-refractivity contribution in [1.82, 2.24) is 0 Å². The molecular weight excluding hydrogens is 226 g/mol. The van der Waals surface area contributed by atoms with Crippen LogP contribution in [0.15, 0.2) is 17.5 Å². The second kappa shape index (κ2) is 3.83. The minimum Gasteiger partial charge on any atom is -0.337 e. The first-order valence-corrected chi connectivity index (χ1v) is 8.06. The van der Waals surface area contributed by atoms with E-state index in [4.69, 9.17) is 0 Å². The Balaban J connectivity index is 1.49. The summed E-state index contributed by atoms with van der Waals surface area (Å²) >= 11 is 1.92. The molecule has 92 valence electrons. The van der Waals surface area contributed by atoms with Crippen molar-refractivity contribution in [3.05, 3.63) is 22.4 Å². The van der Waals surface area contributed by atoms with Crippen molar-refractivity contribution in [3.8, 4) is 0 Å². The summed E-state index contributed by atoms with van der Waals surface area (Å²) in [6.45, 7) is 1.23. The molecule has 0 atom stereocenters. The molecule has 1 heterocycles. The quantitative estimate of drug-likeness (QED) is 0.847. The van der Waals surface area contributed by atoms with E-state index in [0.29, 0.717) is 5.54 Å². The van der Waals surface area contributed by atoms with Crippen LogP contribution in [0.4, 0.5) is 0 Å². The highest BCUT2D eigenvalue weighted by Gasteiger charge is 2.53. The maximum atomic E-state index is 2.71. The lowest BCUT2D eigenvalue weighted by atomic mass is 9.53. The Hall–Kier alpha value is -0.340. The highest BCUT2D eigenvalue weighted by Crippen LogP contribution is 2.54. The molecule has 1 aromatic heterocycles. The molecule has 0 unspecified atom stereocenters. The van der Waals surface area contributed by atoms with Gasteiger partial charge < -0.3 is 5.32 Å². The third kappa shape index (κ3) is 1.86. The summed E-state index contributed by atoms with van der Waals surface area (Å²) in [7, 11) is 0. The third-order valence-corrected chi connectivity index (χ3v) is 6.30. The van der Waals surface area contributed by atoms with E-state index in [9.17, 15) is 0 Å². The van der Waals surface area contributed by atoms with Gasteiger partial charge in [0.15, 0.2) is 0 Å². The van der Waals surface area contributed by atoms with Crippen molar-refractivity contribution in [2.24, 2.45) is 17.8 Å². The van der Waals surface area contributed by atoms with Crippen LogP contribution in [0.5, 0.6) is 0 Å². The molecular formula is C15H22NS+. The predicted molar refractivity (Wildman–Crippen MR) is 70.9 cm³/mol. The second-order valence-electron chi connectivity index (χ2n) is 6.77. The van der Waals surface area contributed by atoms with Crippen LogP contribution in [0.1, 0.15) is 43.4 Å². The van der Waals surface area contributed by atoms with Crippen molar-refractivity contribution in [2.75, 3.05) is 0 Å². The smallest absolute Gasteiger partial charge is 0.111 e. The first-order valence-electron chi connectivity index (χ1n) is 7.18. The lowest BCUT2D eigenvalue weighted by Crippen LogP contribution is -2.97. The lowest BCUT2D eigenvalue weighted by Gasteiger charge is -2.54. The fraction of sp³-hybridized carbons (Fsp3) is 0.733. The Morgan fingerprint density at radius 2 is 1.76 bits per heavy atom. The van der Waals surface area contributed by atoms with Crippen molar-refractivity contribution in [3.63, 3.8) is 0 Å².